The van der Waals surface area contributed by atoms with E-state index in [0.29, 0.717) is 5.88 Å². The van der Waals surface area contributed by atoms with Crippen LogP contribution in [0, 0.1) is 0 Å². The van der Waals surface area contributed by atoms with E-state index in [1.165, 1.54) is 0 Å². The van der Waals surface area contributed by atoms with Crippen LogP contribution in [0.15, 0.2) is 24.3 Å². The van der Waals surface area contributed by atoms with Gasteiger partial charge in [0, 0.05) is 5.88 Å². The van der Waals surface area contributed by atoms with E-state index in [-0.39, 0.29) is 12.6 Å². The predicted octanol–water partition coefficient (Wildman–Crippen LogP) is 3.64. The van der Waals surface area contributed by atoms with Crippen LogP contribution in [0.3, 0.4) is 0 Å². The number of alkyl halides is 2. The van der Waals surface area contributed by atoms with Gasteiger partial charge < -0.3 is 4.74 Å². The lowest BCUT2D eigenvalue weighted by molar-refractivity contribution is -0.146. The van der Waals surface area contributed by atoms with Gasteiger partial charge >= 0.3 is 5.97 Å². The normalized spacial score (nSPS) is 11.2. The first kappa shape index (κ1) is 13.5. The fraction of sp³-hybridized carbons (Fsp3) is 0.417. The predicted molar refractivity (Wildman–Crippen MR) is 68.8 cm³/mol. The van der Waals surface area contributed by atoms with E-state index in [9.17, 15) is 4.79 Å². The van der Waals surface area contributed by atoms with Crippen molar-refractivity contribution in [1.29, 1.82) is 0 Å². The Morgan fingerprint density at radius 2 is 1.81 bits per heavy atom. The highest BCUT2D eigenvalue weighted by molar-refractivity contribution is 9.10. The van der Waals surface area contributed by atoms with Crippen molar-refractivity contribution in [2.45, 2.75) is 30.7 Å². The van der Waals surface area contributed by atoms with E-state index in [1.807, 2.05) is 24.3 Å². The van der Waals surface area contributed by atoms with Crippen LogP contribution in [0.1, 0.15) is 25.0 Å². The van der Waals surface area contributed by atoms with Crippen molar-refractivity contribution in [3.8, 4) is 0 Å². The molecular weight excluding hydrogens is 291 g/mol. The first-order valence-electron chi connectivity index (χ1n) is 4.93. The maximum absolute atomic E-state index is 11.5. The SMILES string of the molecule is CC(C)(Br)C(=O)OCc1ccc(CCl)cc1. The number of rotatable bonds is 4. The molecule has 0 aliphatic carbocycles. The third-order valence-electron chi connectivity index (χ3n) is 2.03. The van der Waals surface area contributed by atoms with Crippen LogP contribution in [0.25, 0.3) is 0 Å². The number of benzene rings is 1. The fourth-order valence-corrected chi connectivity index (χ4v) is 1.34. The van der Waals surface area contributed by atoms with Crippen molar-refractivity contribution in [3.05, 3.63) is 35.4 Å². The lowest BCUT2D eigenvalue weighted by atomic mass is 10.1. The maximum Gasteiger partial charge on any atom is 0.322 e. The summed E-state index contributed by atoms with van der Waals surface area (Å²) in [4.78, 5) is 11.5. The Morgan fingerprint density at radius 3 is 2.25 bits per heavy atom. The minimum Gasteiger partial charge on any atom is -0.460 e. The van der Waals surface area contributed by atoms with Gasteiger partial charge in [-0.1, -0.05) is 40.2 Å². The molecule has 2 nitrogen and oxygen atoms in total. The zero-order valence-electron chi connectivity index (χ0n) is 9.30. The summed E-state index contributed by atoms with van der Waals surface area (Å²) in [5, 5.41) is 0. The zero-order chi connectivity index (χ0) is 12.2. The molecule has 0 spiro atoms. The number of carbonyl (C=O) groups is 1. The molecular formula is C12H14BrClO2. The molecule has 0 bridgehead atoms. The highest BCUT2D eigenvalue weighted by Crippen LogP contribution is 2.18. The van der Waals surface area contributed by atoms with Gasteiger partial charge in [-0.3, -0.25) is 4.79 Å². The first-order chi connectivity index (χ1) is 7.43. The summed E-state index contributed by atoms with van der Waals surface area (Å²) in [6.45, 7) is 3.80. The Bertz CT molecular complexity index is 354. The van der Waals surface area contributed by atoms with Crippen LogP contribution in [0.5, 0.6) is 0 Å². The average Bonchev–Trinajstić information content (AvgIpc) is 2.25. The molecule has 0 atom stereocenters. The van der Waals surface area contributed by atoms with E-state index in [4.69, 9.17) is 16.3 Å². The number of hydrogen-bond donors (Lipinski definition) is 0. The smallest absolute Gasteiger partial charge is 0.322 e. The number of carbonyl (C=O) groups excluding carboxylic acids is 1. The second-order valence-corrected chi connectivity index (χ2v) is 6.25. The van der Waals surface area contributed by atoms with Crippen molar-refractivity contribution < 1.29 is 9.53 Å². The Balaban J connectivity index is 2.52. The van der Waals surface area contributed by atoms with Crippen LogP contribution < -0.4 is 0 Å². The van der Waals surface area contributed by atoms with Gasteiger partial charge in [0.15, 0.2) is 0 Å². The second kappa shape index (κ2) is 5.69. The third kappa shape index (κ3) is 4.14. The van der Waals surface area contributed by atoms with Crippen molar-refractivity contribution in [2.24, 2.45) is 0 Å². The van der Waals surface area contributed by atoms with Crippen molar-refractivity contribution >= 4 is 33.5 Å². The number of ether oxygens (including phenoxy) is 1. The molecule has 0 fully saturated rings. The molecule has 0 heterocycles. The molecule has 0 saturated carbocycles. The van der Waals surface area contributed by atoms with Gasteiger partial charge in [0.25, 0.3) is 0 Å². The van der Waals surface area contributed by atoms with E-state index < -0.39 is 4.32 Å². The minimum absolute atomic E-state index is 0.270. The molecule has 1 aromatic carbocycles. The maximum atomic E-state index is 11.5. The molecule has 0 amide bonds. The van der Waals surface area contributed by atoms with Crippen LogP contribution >= 0.6 is 27.5 Å². The summed E-state index contributed by atoms with van der Waals surface area (Å²) in [7, 11) is 0. The van der Waals surface area contributed by atoms with Gasteiger partial charge in [-0.15, -0.1) is 11.6 Å². The zero-order valence-corrected chi connectivity index (χ0v) is 11.6. The van der Waals surface area contributed by atoms with E-state index in [0.717, 1.165) is 11.1 Å². The summed E-state index contributed by atoms with van der Waals surface area (Å²) in [6, 6.07) is 7.67. The van der Waals surface area contributed by atoms with Gasteiger partial charge in [-0.25, -0.2) is 0 Å². The monoisotopic (exact) mass is 304 g/mol. The van der Waals surface area contributed by atoms with Crippen LogP contribution in [-0.4, -0.2) is 10.3 Å². The highest BCUT2D eigenvalue weighted by Gasteiger charge is 2.25. The summed E-state index contributed by atoms with van der Waals surface area (Å²) < 4.78 is 4.51. The summed E-state index contributed by atoms with van der Waals surface area (Å²) in [6.07, 6.45) is 0. The molecule has 1 aromatic rings. The summed E-state index contributed by atoms with van der Waals surface area (Å²) in [5.74, 6) is 0.225. The molecule has 88 valence electrons. The molecule has 0 aliphatic heterocycles. The van der Waals surface area contributed by atoms with Crippen molar-refractivity contribution in [1.82, 2.24) is 0 Å². The average molecular weight is 306 g/mol. The largest absolute Gasteiger partial charge is 0.460 e. The number of esters is 1. The molecule has 0 radical (unpaired) electrons. The Kier molecular flexibility index (Phi) is 4.81. The standard InChI is InChI=1S/C12H14BrClO2/c1-12(2,13)11(15)16-8-10-5-3-9(7-14)4-6-10/h3-6H,7-8H2,1-2H3. The van der Waals surface area contributed by atoms with Gasteiger partial charge in [0.2, 0.25) is 0 Å². The second-order valence-electron chi connectivity index (χ2n) is 4.00. The minimum atomic E-state index is -0.636. The third-order valence-corrected chi connectivity index (χ3v) is 2.66. The van der Waals surface area contributed by atoms with Crippen molar-refractivity contribution in [2.75, 3.05) is 0 Å². The summed E-state index contributed by atoms with van der Waals surface area (Å²) in [5.41, 5.74) is 2.01. The van der Waals surface area contributed by atoms with Gasteiger partial charge in [-0.05, 0) is 25.0 Å². The molecule has 0 unspecified atom stereocenters. The Morgan fingerprint density at radius 1 is 1.31 bits per heavy atom. The molecule has 4 heteroatoms. The Labute approximate surface area is 109 Å². The Hall–Kier alpha value is -0.540. The molecule has 1 rings (SSSR count). The van der Waals surface area contributed by atoms with E-state index in [1.54, 1.807) is 13.8 Å². The molecule has 0 saturated heterocycles. The van der Waals surface area contributed by atoms with E-state index in [2.05, 4.69) is 15.9 Å². The highest BCUT2D eigenvalue weighted by atomic mass is 79.9. The van der Waals surface area contributed by atoms with Crippen LogP contribution in [0.4, 0.5) is 0 Å². The van der Waals surface area contributed by atoms with Crippen LogP contribution in [-0.2, 0) is 22.0 Å². The number of halogens is 2. The fourth-order valence-electron chi connectivity index (χ4n) is 1.05. The topological polar surface area (TPSA) is 26.3 Å². The summed E-state index contributed by atoms with van der Waals surface area (Å²) >= 11 is 8.92. The van der Waals surface area contributed by atoms with Gasteiger partial charge in [0.05, 0.1) is 0 Å². The lowest BCUT2D eigenvalue weighted by Gasteiger charge is -2.14. The molecule has 16 heavy (non-hydrogen) atoms. The lowest BCUT2D eigenvalue weighted by Crippen LogP contribution is -2.26. The first-order valence-corrected chi connectivity index (χ1v) is 6.26. The number of hydrogen-bond acceptors (Lipinski definition) is 2. The molecule has 0 aliphatic rings. The van der Waals surface area contributed by atoms with E-state index >= 15 is 0 Å². The van der Waals surface area contributed by atoms with Crippen LogP contribution in [0.2, 0.25) is 0 Å². The van der Waals surface area contributed by atoms with Gasteiger partial charge in [0.1, 0.15) is 10.9 Å². The molecule has 0 aromatic heterocycles. The quantitative estimate of drug-likeness (QED) is 0.627. The van der Waals surface area contributed by atoms with Gasteiger partial charge in [-0.2, -0.15) is 0 Å². The molecule has 0 N–H and O–H groups in total. The van der Waals surface area contributed by atoms with Crippen molar-refractivity contribution in [3.63, 3.8) is 0 Å².